The predicted octanol–water partition coefficient (Wildman–Crippen LogP) is 17.8. The summed E-state index contributed by atoms with van der Waals surface area (Å²) < 4.78 is 0. The van der Waals surface area contributed by atoms with Crippen molar-refractivity contribution in [1.29, 1.82) is 0 Å². The molecule has 1 nitrogen and oxygen atoms in total. The minimum absolute atomic E-state index is 0.111. The molecular formula is C65H32O. The molecule has 298 valence electrons. The summed E-state index contributed by atoms with van der Waals surface area (Å²) in [6.45, 7) is 0. The third kappa shape index (κ3) is 3.77. The average molecular weight is 829 g/mol. The maximum Gasteiger partial charge on any atom is 0.194 e. The van der Waals surface area contributed by atoms with Crippen LogP contribution in [0, 0.1) is 0 Å². The SMILES string of the molecule is O=C1c2ccccc2-c2ccc3c4ccc5c6ccc7c8c(-c9ccccc9)c9c%10cccc%11cccc(c9c(-c9ccccc9)c8c8ccc(c9ccc(c%12ccc1c2c%123)c4c95)c6c87)c%11%10. The second-order valence-corrected chi connectivity index (χ2v) is 18.8. The van der Waals surface area contributed by atoms with Crippen LogP contribution in [0.2, 0.25) is 0 Å². The summed E-state index contributed by atoms with van der Waals surface area (Å²) >= 11 is 0. The Kier molecular flexibility index (Phi) is 5.91. The van der Waals surface area contributed by atoms with Crippen LogP contribution in [0.25, 0.3) is 163 Å². The summed E-state index contributed by atoms with van der Waals surface area (Å²) in [7, 11) is 0. The Balaban J connectivity index is 1.06. The van der Waals surface area contributed by atoms with E-state index in [1.54, 1.807) is 0 Å². The van der Waals surface area contributed by atoms with Gasteiger partial charge in [0.2, 0.25) is 0 Å². The molecule has 0 spiro atoms. The van der Waals surface area contributed by atoms with Crippen LogP contribution >= 0.6 is 0 Å². The fraction of sp³-hybridized carbons (Fsp3) is 0. The minimum atomic E-state index is 0.111. The molecule has 0 aromatic heterocycles. The van der Waals surface area contributed by atoms with E-state index in [1.165, 1.54) is 146 Å². The van der Waals surface area contributed by atoms with Crippen LogP contribution in [0.3, 0.4) is 0 Å². The molecule has 0 aliphatic heterocycles. The highest BCUT2D eigenvalue weighted by Crippen LogP contribution is 2.58. The summed E-state index contributed by atoms with van der Waals surface area (Å²) in [4.78, 5) is 14.0. The van der Waals surface area contributed by atoms with Gasteiger partial charge in [0.1, 0.15) is 0 Å². The minimum Gasteiger partial charge on any atom is -0.289 e. The first-order chi connectivity index (χ1) is 32.7. The summed E-state index contributed by atoms with van der Waals surface area (Å²) in [5.41, 5.74) is 8.87. The number of carbonyl (C=O) groups excluding carboxylic acids is 1. The monoisotopic (exact) mass is 828 g/mol. The molecule has 0 fully saturated rings. The molecule has 66 heavy (non-hydrogen) atoms. The molecule has 1 aliphatic carbocycles. The number of rotatable bonds is 2. The summed E-state index contributed by atoms with van der Waals surface area (Å²) in [5, 5.41) is 30.8. The van der Waals surface area contributed by atoms with Gasteiger partial charge in [-0.05, 0) is 163 Å². The van der Waals surface area contributed by atoms with Gasteiger partial charge >= 0.3 is 0 Å². The molecule has 0 saturated carbocycles. The van der Waals surface area contributed by atoms with E-state index in [0.29, 0.717) is 0 Å². The van der Waals surface area contributed by atoms with Gasteiger partial charge in [-0.2, -0.15) is 0 Å². The normalized spacial score (nSPS) is 13.2. The maximum absolute atomic E-state index is 14.0. The van der Waals surface area contributed by atoms with Crippen molar-refractivity contribution in [2.24, 2.45) is 0 Å². The van der Waals surface area contributed by atoms with E-state index < -0.39 is 0 Å². The standard InChI is InChI=1S/C65H32O/c66-65-46-18-8-7-17-36(46)37-21-22-42-38-23-24-39-43-27-30-49-60-50(31-28-44(58(43)60)40-25-26-41(55(38)56(39)40)45-29-32-51(65)59(37)57(42)45)64-54(35-13-5-2-6-14-35)62-48-20-10-16-33-15-9-19-47(52(33)48)61(62)53(63(49)64)34-11-3-1-4-12-34/h1-32H. The van der Waals surface area contributed by atoms with Gasteiger partial charge in [-0.25, -0.2) is 0 Å². The molecule has 0 radical (unpaired) electrons. The van der Waals surface area contributed by atoms with E-state index >= 15 is 0 Å². The van der Waals surface area contributed by atoms with E-state index in [-0.39, 0.29) is 5.78 Å². The van der Waals surface area contributed by atoms with Gasteiger partial charge in [-0.3, -0.25) is 4.79 Å². The van der Waals surface area contributed by atoms with Crippen molar-refractivity contribution in [2.45, 2.75) is 0 Å². The Hall–Kier alpha value is -8.65. The molecule has 1 aliphatic rings. The van der Waals surface area contributed by atoms with E-state index in [4.69, 9.17) is 0 Å². The first-order valence-corrected chi connectivity index (χ1v) is 23.1. The van der Waals surface area contributed by atoms with Crippen molar-refractivity contribution < 1.29 is 4.79 Å². The average Bonchev–Trinajstić information content (AvgIpc) is 3.89. The second kappa shape index (κ2) is 11.5. The van der Waals surface area contributed by atoms with Crippen molar-refractivity contribution >= 4 is 135 Å². The fourth-order valence-electron chi connectivity index (χ4n) is 13.5. The lowest BCUT2D eigenvalue weighted by atomic mass is 9.78. The third-order valence-electron chi connectivity index (χ3n) is 16.0. The van der Waals surface area contributed by atoms with E-state index in [1.807, 2.05) is 18.2 Å². The van der Waals surface area contributed by atoms with Crippen molar-refractivity contribution in [3.8, 4) is 33.4 Å². The molecule has 0 unspecified atom stereocenters. The summed E-state index contributed by atoms with van der Waals surface area (Å²) in [6.07, 6.45) is 0. The number of benzene rings is 14. The van der Waals surface area contributed by atoms with Crippen LogP contribution in [0.15, 0.2) is 194 Å². The lowest BCUT2D eigenvalue weighted by Crippen LogP contribution is -2.10. The Labute approximate surface area is 376 Å². The molecular weight excluding hydrogens is 797 g/mol. The van der Waals surface area contributed by atoms with Crippen LogP contribution < -0.4 is 0 Å². The van der Waals surface area contributed by atoms with Gasteiger partial charge in [0.25, 0.3) is 0 Å². The van der Waals surface area contributed by atoms with Crippen molar-refractivity contribution in [3.05, 3.63) is 205 Å². The third-order valence-corrected chi connectivity index (χ3v) is 16.0. The molecule has 0 atom stereocenters. The van der Waals surface area contributed by atoms with Crippen molar-refractivity contribution in [3.63, 3.8) is 0 Å². The van der Waals surface area contributed by atoms with Gasteiger partial charge in [0.15, 0.2) is 5.78 Å². The predicted molar refractivity (Wildman–Crippen MR) is 281 cm³/mol. The first kappa shape index (κ1) is 33.8. The topological polar surface area (TPSA) is 17.1 Å². The second-order valence-electron chi connectivity index (χ2n) is 18.8. The number of carbonyl (C=O) groups is 1. The van der Waals surface area contributed by atoms with E-state index in [2.05, 4.69) is 176 Å². The summed E-state index contributed by atoms with van der Waals surface area (Å²) in [6, 6.07) is 72.2. The highest BCUT2D eigenvalue weighted by molar-refractivity contribution is 6.51. The molecule has 1 heteroatoms. The molecule has 17 rings (SSSR count). The van der Waals surface area contributed by atoms with Crippen LogP contribution in [0.4, 0.5) is 0 Å². The van der Waals surface area contributed by atoms with Crippen LogP contribution in [-0.4, -0.2) is 5.78 Å². The molecule has 0 amide bonds. The fourth-order valence-corrected chi connectivity index (χ4v) is 13.5. The number of hydrogen-bond donors (Lipinski definition) is 0. The first-order valence-electron chi connectivity index (χ1n) is 23.1. The lowest BCUT2D eigenvalue weighted by molar-refractivity contribution is 0.104. The Morgan fingerprint density at radius 3 is 1.02 bits per heavy atom. The molecule has 0 N–H and O–H groups in total. The highest BCUT2D eigenvalue weighted by atomic mass is 16.1. The lowest BCUT2D eigenvalue weighted by Gasteiger charge is -2.24. The van der Waals surface area contributed by atoms with Crippen LogP contribution in [0.1, 0.15) is 15.9 Å². The molecule has 16 aromatic carbocycles. The number of ketones is 1. The Bertz CT molecular complexity index is 4620. The van der Waals surface area contributed by atoms with Gasteiger partial charge in [0.05, 0.1) is 0 Å². The van der Waals surface area contributed by atoms with Crippen LogP contribution in [-0.2, 0) is 0 Å². The maximum atomic E-state index is 14.0. The van der Waals surface area contributed by atoms with Gasteiger partial charge in [0, 0.05) is 16.5 Å². The Morgan fingerprint density at radius 2 is 0.545 bits per heavy atom. The quantitative estimate of drug-likeness (QED) is 0.125. The van der Waals surface area contributed by atoms with Crippen molar-refractivity contribution in [2.75, 3.05) is 0 Å². The zero-order chi connectivity index (χ0) is 42.7. The molecule has 0 saturated heterocycles. The zero-order valence-corrected chi connectivity index (χ0v) is 35.4. The highest BCUT2D eigenvalue weighted by Gasteiger charge is 2.31. The van der Waals surface area contributed by atoms with Crippen molar-refractivity contribution in [1.82, 2.24) is 0 Å². The molecule has 16 aromatic rings. The molecule has 0 heterocycles. The summed E-state index contributed by atoms with van der Waals surface area (Å²) in [5.74, 6) is 0.111. The number of fused-ring (bicyclic) bond motifs is 12. The zero-order valence-electron chi connectivity index (χ0n) is 35.4. The largest absolute Gasteiger partial charge is 0.289 e. The number of hydrogen-bond acceptors (Lipinski definition) is 1. The van der Waals surface area contributed by atoms with E-state index in [0.717, 1.165) is 27.6 Å². The molecule has 0 bridgehead atoms. The van der Waals surface area contributed by atoms with Gasteiger partial charge < -0.3 is 0 Å². The smallest absolute Gasteiger partial charge is 0.194 e. The van der Waals surface area contributed by atoms with Gasteiger partial charge in [-0.1, -0.05) is 188 Å². The van der Waals surface area contributed by atoms with Crippen LogP contribution in [0.5, 0.6) is 0 Å². The Morgan fingerprint density at radius 1 is 0.197 bits per heavy atom. The van der Waals surface area contributed by atoms with Gasteiger partial charge in [-0.15, -0.1) is 0 Å². The van der Waals surface area contributed by atoms with E-state index in [9.17, 15) is 4.79 Å².